The van der Waals surface area contributed by atoms with Crippen LogP contribution < -0.4 is 5.32 Å². The Balaban J connectivity index is 1.68. The molecule has 1 aromatic heterocycles. The third kappa shape index (κ3) is 3.71. The summed E-state index contributed by atoms with van der Waals surface area (Å²) in [6, 6.07) is 6.49. The maximum Gasteiger partial charge on any atom is 0.224 e. The molecule has 0 aliphatic heterocycles. The summed E-state index contributed by atoms with van der Waals surface area (Å²) in [6.45, 7) is 0. The highest BCUT2D eigenvalue weighted by molar-refractivity contribution is 5.79. The maximum absolute atomic E-state index is 12.4. The van der Waals surface area contributed by atoms with Crippen LogP contribution >= 0.6 is 0 Å². The van der Waals surface area contributed by atoms with Crippen molar-refractivity contribution in [2.45, 2.75) is 31.4 Å². The predicted octanol–water partition coefficient (Wildman–Crippen LogP) is 1.30. The molecule has 0 saturated heterocycles. The minimum atomic E-state index is -0.270. The number of aromatic hydroxyl groups is 1. The van der Waals surface area contributed by atoms with Gasteiger partial charge in [-0.05, 0) is 36.5 Å². The quantitative estimate of drug-likeness (QED) is 0.776. The lowest BCUT2D eigenvalue weighted by Gasteiger charge is -2.37. The van der Waals surface area contributed by atoms with Gasteiger partial charge in [-0.2, -0.15) is 5.10 Å². The van der Waals surface area contributed by atoms with E-state index in [0.717, 1.165) is 11.1 Å². The average Bonchev–Trinajstić information content (AvgIpc) is 2.91. The number of amides is 1. The van der Waals surface area contributed by atoms with Gasteiger partial charge in [0.05, 0.1) is 24.8 Å². The van der Waals surface area contributed by atoms with Gasteiger partial charge < -0.3 is 15.5 Å². The summed E-state index contributed by atoms with van der Waals surface area (Å²) in [5, 5.41) is 26.1. The van der Waals surface area contributed by atoms with Gasteiger partial charge in [-0.1, -0.05) is 12.1 Å². The highest BCUT2D eigenvalue weighted by atomic mass is 16.3. The van der Waals surface area contributed by atoms with Crippen LogP contribution in [0.3, 0.4) is 0 Å². The Morgan fingerprint density at radius 1 is 1.39 bits per heavy atom. The molecular formula is C17H21N3O3. The molecule has 0 spiro atoms. The van der Waals surface area contributed by atoms with Crippen LogP contribution in [-0.2, 0) is 18.3 Å². The number of nitrogens with one attached hydrogen (secondary N) is 1. The number of aliphatic hydroxyl groups excluding tert-OH is 1. The van der Waals surface area contributed by atoms with Crippen molar-refractivity contribution in [3.05, 3.63) is 47.8 Å². The minimum absolute atomic E-state index is 0.0778. The molecule has 1 aliphatic rings. The minimum Gasteiger partial charge on any atom is -0.508 e. The van der Waals surface area contributed by atoms with Gasteiger partial charge in [-0.15, -0.1) is 0 Å². The predicted molar refractivity (Wildman–Crippen MR) is 84.6 cm³/mol. The van der Waals surface area contributed by atoms with Crippen molar-refractivity contribution in [3.8, 4) is 5.75 Å². The Morgan fingerprint density at radius 3 is 2.65 bits per heavy atom. The number of phenols is 1. The molecule has 1 heterocycles. The summed E-state index contributed by atoms with van der Waals surface area (Å²) >= 11 is 0. The van der Waals surface area contributed by atoms with E-state index in [-0.39, 0.29) is 36.1 Å². The highest BCUT2D eigenvalue weighted by Gasteiger charge is 2.36. The number of rotatable bonds is 5. The topological polar surface area (TPSA) is 87.4 Å². The number of hydrogen-bond acceptors (Lipinski definition) is 4. The lowest BCUT2D eigenvalue weighted by molar-refractivity contribution is -0.122. The molecule has 6 heteroatoms. The van der Waals surface area contributed by atoms with Crippen LogP contribution in [0, 0.1) is 5.92 Å². The lowest BCUT2D eigenvalue weighted by atomic mass is 9.75. The molecule has 6 nitrogen and oxygen atoms in total. The molecule has 0 radical (unpaired) electrons. The van der Waals surface area contributed by atoms with Gasteiger partial charge in [-0.3, -0.25) is 9.48 Å². The number of carbonyl (C=O) groups is 1. The van der Waals surface area contributed by atoms with Crippen LogP contribution in [0.25, 0.3) is 0 Å². The van der Waals surface area contributed by atoms with E-state index in [0.29, 0.717) is 12.8 Å². The molecule has 1 atom stereocenters. The first kappa shape index (κ1) is 15.6. The number of aryl methyl sites for hydroxylation is 1. The zero-order chi connectivity index (χ0) is 16.4. The lowest BCUT2D eigenvalue weighted by Crippen LogP contribution is -2.41. The van der Waals surface area contributed by atoms with E-state index >= 15 is 0 Å². The number of nitrogens with zero attached hydrogens (tertiary/aromatic N) is 2. The van der Waals surface area contributed by atoms with E-state index in [1.807, 2.05) is 13.2 Å². The number of benzene rings is 1. The van der Waals surface area contributed by atoms with Gasteiger partial charge >= 0.3 is 0 Å². The SMILES string of the molecule is Cn1cc([C@H](NC(=O)Cc2ccc(O)cc2)C2CC(O)C2)cn1. The monoisotopic (exact) mass is 315 g/mol. The zero-order valence-electron chi connectivity index (χ0n) is 13.0. The van der Waals surface area contributed by atoms with E-state index in [2.05, 4.69) is 10.4 Å². The summed E-state index contributed by atoms with van der Waals surface area (Å²) in [7, 11) is 1.84. The Bertz CT molecular complexity index is 675. The first-order valence-electron chi connectivity index (χ1n) is 7.75. The Morgan fingerprint density at radius 2 is 2.09 bits per heavy atom. The van der Waals surface area contributed by atoms with Crippen molar-refractivity contribution in [3.63, 3.8) is 0 Å². The zero-order valence-corrected chi connectivity index (χ0v) is 13.0. The molecule has 1 aliphatic carbocycles. The van der Waals surface area contributed by atoms with Crippen molar-refractivity contribution in [2.75, 3.05) is 0 Å². The van der Waals surface area contributed by atoms with E-state index < -0.39 is 0 Å². The molecule has 3 N–H and O–H groups in total. The third-order valence-electron chi connectivity index (χ3n) is 4.32. The molecule has 1 saturated carbocycles. The van der Waals surface area contributed by atoms with E-state index in [1.165, 1.54) is 0 Å². The number of carbonyl (C=O) groups excluding carboxylic acids is 1. The molecule has 1 aromatic carbocycles. The van der Waals surface area contributed by atoms with Crippen LogP contribution in [0.5, 0.6) is 5.75 Å². The van der Waals surface area contributed by atoms with Gasteiger partial charge in [0.1, 0.15) is 5.75 Å². The van der Waals surface area contributed by atoms with Gasteiger partial charge in [-0.25, -0.2) is 0 Å². The molecule has 0 bridgehead atoms. The molecule has 1 amide bonds. The van der Waals surface area contributed by atoms with Crippen LogP contribution in [0.15, 0.2) is 36.7 Å². The van der Waals surface area contributed by atoms with Crippen LogP contribution in [0.2, 0.25) is 0 Å². The van der Waals surface area contributed by atoms with Crippen molar-refractivity contribution < 1.29 is 15.0 Å². The largest absolute Gasteiger partial charge is 0.508 e. The molecule has 3 rings (SSSR count). The van der Waals surface area contributed by atoms with Crippen molar-refractivity contribution in [2.24, 2.45) is 13.0 Å². The second-order valence-electron chi connectivity index (χ2n) is 6.22. The molecular weight excluding hydrogens is 294 g/mol. The third-order valence-corrected chi connectivity index (χ3v) is 4.32. The average molecular weight is 315 g/mol. The first-order valence-corrected chi connectivity index (χ1v) is 7.75. The number of aromatic nitrogens is 2. The molecule has 0 unspecified atom stereocenters. The van der Waals surface area contributed by atoms with Gasteiger partial charge in [0, 0.05) is 18.8 Å². The van der Waals surface area contributed by atoms with E-state index in [4.69, 9.17) is 0 Å². The first-order chi connectivity index (χ1) is 11.0. The van der Waals surface area contributed by atoms with E-state index in [9.17, 15) is 15.0 Å². The normalized spacial score (nSPS) is 21.5. The summed E-state index contributed by atoms with van der Waals surface area (Å²) in [5.74, 6) is 0.342. The fourth-order valence-electron chi connectivity index (χ4n) is 3.00. The molecule has 23 heavy (non-hydrogen) atoms. The Kier molecular flexibility index (Phi) is 4.34. The maximum atomic E-state index is 12.4. The molecule has 2 aromatic rings. The summed E-state index contributed by atoms with van der Waals surface area (Å²) in [4.78, 5) is 12.4. The van der Waals surface area contributed by atoms with Crippen molar-refractivity contribution in [1.29, 1.82) is 0 Å². The van der Waals surface area contributed by atoms with Gasteiger partial charge in [0.15, 0.2) is 0 Å². The highest BCUT2D eigenvalue weighted by Crippen LogP contribution is 2.37. The van der Waals surface area contributed by atoms with Crippen molar-refractivity contribution in [1.82, 2.24) is 15.1 Å². The van der Waals surface area contributed by atoms with Gasteiger partial charge in [0.2, 0.25) is 5.91 Å². The summed E-state index contributed by atoms with van der Waals surface area (Å²) in [6.07, 6.45) is 5.03. The fourth-order valence-corrected chi connectivity index (χ4v) is 3.00. The standard InChI is InChI=1S/C17H21N3O3/c1-20-10-13(9-18-20)17(12-7-15(22)8-12)19-16(23)6-11-2-4-14(21)5-3-11/h2-5,9-10,12,15,17,21-22H,6-8H2,1H3,(H,19,23)/t12?,15?,17-/m1/s1. The number of aliphatic hydroxyl groups is 1. The smallest absolute Gasteiger partial charge is 0.224 e. The second-order valence-corrected chi connectivity index (χ2v) is 6.22. The summed E-state index contributed by atoms with van der Waals surface area (Å²) in [5.41, 5.74) is 1.81. The van der Waals surface area contributed by atoms with Crippen molar-refractivity contribution >= 4 is 5.91 Å². The van der Waals surface area contributed by atoms with Crippen LogP contribution in [-0.4, -0.2) is 32.0 Å². The molecule has 122 valence electrons. The number of phenolic OH excluding ortho intramolecular Hbond substituents is 1. The fraction of sp³-hybridized carbons (Fsp3) is 0.412. The number of hydrogen-bond donors (Lipinski definition) is 3. The summed E-state index contributed by atoms with van der Waals surface area (Å²) < 4.78 is 1.71. The Hall–Kier alpha value is -2.34. The van der Waals surface area contributed by atoms with Gasteiger partial charge in [0.25, 0.3) is 0 Å². The van der Waals surface area contributed by atoms with E-state index in [1.54, 1.807) is 35.1 Å². The molecule has 1 fully saturated rings. The second kappa shape index (κ2) is 6.42. The van der Waals surface area contributed by atoms with Crippen LogP contribution in [0.1, 0.15) is 30.0 Å². The Labute approximate surface area is 134 Å². The van der Waals surface area contributed by atoms with Crippen LogP contribution in [0.4, 0.5) is 0 Å².